The van der Waals surface area contributed by atoms with Crippen LogP contribution >= 0.6 is 0 Å². The number of hydrogen-bond acceptors (Lipinski definition) is 6. The lowest BCUT2D eigenvalue weighted by atomic mass is 10.3. The van der Waals surface area contributed by atoms with Crippen molar-refractivity contribution in [1.82, 2.24) is 24.5 Å². The molecular weight excluding hydrogens is 330 g/mol. The van der Waals surface area contributed by atoms with Gasteiger partial charge in [-0.15, -0.1) is 0 Å². The van der Waals surface area contributed by atoms with E-state index in [1.807, 2.05) is 31.4 Å². The number of sulfone groups is 1. The summed E-state index contributed by atoms with van der Waals surface area (Å²) in [7, 11) is 2.80. The van der Waals surface area contributed by atoms with Crippen molar-refractivity contribution in [2.45, 2.75) is 6.54 Å². The predicted molar refractivity (Wildman–Crippen MR) is 92.3 cm³/mol. The van der Waals surface area contributed by atoms with Gasteiger partial charge in [-0.25, -0.2) is 8.42 Å². The van der Waals surface area contributed by atoms with Crippen molar-refractivity contribution in [3.05, 3.63) is 18.0 Å². The van der Waals surface area contributed by atoms with Crippen molar-refractivity contribution >= 4 is 15.7 Å². The van der Waals surface area contributed by atoms with E-state index in [9.17, 15) is 13.2 Å². The monoisotopic (exact) mass is 357 g/mol. The Labute approximate surface area is 143 Å². The zero-order chi connectivity index (χ0) is 17.7. The van der Waals surface area contributed by atoms with Gasteiger partial charge in [0.25, 0.3) is 0 Å². The molecule has 9 heteroatoms. The first-order valence-corrected chi connectivity index (χ1v) is 9.90. The standard InChI is InChI=1S/C15H27N5O3S/c1-17(11-14-10-16-19(3)12-14)4-5-18(2)15(21)13-20-6-8-24(22,23)9-7-20/h10,12H,4-9,11,13H2,1-3H3. The van der Waals surface area contributed by atoms with Crippen LogP contribution in [0, 0.1) is 0 Å². The van der Waals surface area contributed by atoms with Crippen LogP contribution in [0.1, 0.15) is 5.56 Å². The summed E-state index contributed by atoms with van der Waals surface area (Å²) in [6.07, 6.45) is 3.82. The lowest BCUT2D eigenvalue weighted by Crippen LogP contribution is -2.46. The van der Waals surface area contributed by atoms with E-state index in [0.717, 1.165) is 18.7 Å². The number of hydrogen-bond donors (Lipinski definition) is 0. The van der Waals surface area contributed by atoms with Crippen molar-refractivity contribution in [1.29, 1.82) is 0 Å². The quantitative estimate of drug-likeness (QED) is 0.626. The highest BCUT2D eigenvalue weighted by Crippen LogP contribution is 2.05. The molecule has 0 aromatic carbocycles. The van der Waals surface area contributed by atoms with Crippen molar-refractivity contribution in [3.8, 4) is 0 Å². The molecule has 2 rings (SSSR count). The number of amides is 1. The van der Waals surface area contributed by atoms with Crippen LogP contribution in [0.4, 0.5) is 0 Å². The van der Waals surface area contributed by atoms with E-state index in [2.05, 4.69) is 10.00 Å². The van der Waals surface area contributed by atoms with Crippen LogP contribution in [0.25, 0.3) is 0 Å². The summed E-state index contributed by atoms with van der Waals surface area (Å²) < 4.78 is 24.6. The van der Waals surface area contributed by atoms with E-state index >= 15 is 0 Å². The van der Waals surface area contributed by atoms with E-state index in [1.165, 1.54) is 0 Å². The third-order valence-corrected chi connectivity index (χ3v) is 5.86. The number of nitrogens with zero attached hydrogens (tertiary/aromatic N) is 5. The number of rotatable bonds is 7. The molecule has 1 saturated heterocycles. The summed E-state index contributed by atoms with van der Waals surface area (Å²) in [5.74, 6) is 0.333. The van der Waals surface area contributed by atoms with Crippen molar-refractivity contribution in [2.75, 3.05) is 58.3 Å². The van der Waals surface area contributed by atoms with Gasteiger partial charge in [0.1, 0.15) is 0 Å². The van der Waals surface area contributed by atoms with Crippen LogP contribution in [-0.4, -0.2) is 97.1 Å². The molecule has 1 aliphatic rings. The Morgan fingerprint density at radius 1 is 1.25 bits per heavy atom. The molecule has 0 aliphatic carbocycles. The Balaban J connectivity index is 1.69. The van der Waals surface area contributed by atoms with Gasteiger partial charge >= 0.3 is 0 Å². The molecule has 0 saturated carbocycles. The van der Waals surface area contributed by atoms with Crippen molar-refractivity contribution in [3.63, 3.8) is 0 Å². The van der Waals surface area contributed by atoms with E-state index < -0.39 is 9.84 Å². The summed E-state index contributed by atoms with van der Waals surface area (Å²) in [6, 6.07) is 0. The summed E-state index contributed by atoms with van der Waals surface area (Å²) >= 11 is 0. The smallest absolute Gasteiger partial charge is 0.236 e. The first-order valence-electron chi connectivity index (χ1n) is 8.08. The Morgan fingerprint density at radius 3 is 2.50 bits per heavy atom. The maximum atomic E-state index is 12.2. The van der Waals surface area contributed by atoms with Gasteiger partial charge in [0.15, 0.2) is 9.84 Å². The van der Waals surface area contributed by atoms with Gasteiger partial charge in [-0.1, -0.05) is 0 Å². The summed E-state index contributed by atoms with van der Waals surface area (Å²) in [4.78, 5) is 18.0. The van der Waals surface area contributed by atoms with Crippen LogP contribution in [-0.2, 0) is 28.2 Å². The van der Waals surface area contributed by atoms with Gasteiger partial charge in [-0.2, -0.15) is 5.10 Å². The first-order chi connectivity index (χ1) is 11.2. The Hall–Kier alpha value is -1.45. The Kier molecular flexibility index (Phi) is 6.36. The molecule has 2 heterocycles. The first kappa shape index (κ1) is 18.9. The molecule has 1 aromatic rings. The lowest BCUT2D eigenvalue weighted by molar-refractivity contribution is -0.131. The highest BCUT2D eigenvalue weighted by Gasteiger charge is 2.23. The number of carbonyl (C=O) groups is 1. The minimum atomic E-state index is -2.90. The molecule has 1 aromatic heterocycles. The highest BCUT2D eigenvalue weighted by atomic mass is 32.2. The van der Waals surface area contributed by atoms with Crippen LogP contribution in [0.3, 0.4) is 0 Å². The van der Waals surface area contributed by atoms with E-state index in [-0.39, 0.29) is 17.4 Å². The Bertz CT molecular complexity index is 644. The third kappa shape index (κ3) is 5.88. The number of carbonyl (C=O) groups excluding carboxylic acids is 1. The van der Waals surface area contributed by atoms with Gasteiger partial charge in [0.05, 0.1) is 24.2 Å². The molecule has 0 spiro atoms. The second-order valence-electron chi connectivity index (χ2n) is 6.50. The van der Waals surface area contributed by atoms with Crippen LogP contribution in [0.5, 0.6) is 0 Å². The molecule has 24 heavy (non-hydrogen) atoms. The van der Waals surface area contributed by atoms with Gasteiger partial charge in [-0.3, -0.25) is 14.4 Å². The largest absolute Gasteiger partial charge is 0.343 e. The van der Waals surface area contributed by atoms with Gasteiger partial charge in [0.2, 0.25) is 5.91 Å². The van der Waals surface area contributed by atoms with E-state index in [4.69, 9.17) is 0 Å². The number of aromatic nitrogens is 2. The van der Waals surface area contributed by atoms with Gasteiger partial charge in [0, 0.05) is 58.6 Å². The van der Waals surface area contributed by atoms with Gasteiger partial charge < -0.3 is 9.80 Å². The molecule has 0 atom stereocenters. The van der Waals surface area contributed by atoms with Crippen LogP contribution in [0.15, 0.2) is 12.4 Å². The molecule has 136 valence electrons. The van der Waals surface area contributed by atoms with E-state index in [1.54, 1.807) is 16.6 Å². The fraction of sp³-hybridized carbons (Fsp3) is 0.733. The van der Waals surface area contributed by atoms with Crippen molar-refractivity contribution in [2.24, 2.45) is 7.05 Å². The fourth-order valence-corrected chi connectivity index (χ4v) is 3.89. The lowest BCUT2D eigenvalue weighted by Gasteiger charge is -2.28. The zero-order valence-electron chi connectivity index (χ0n) is 14.7. The molecule has 0 unspecified atom stereocenters. The highest BCUT2D eigenvalue weighted by molar-refractivity contribution is 7.91. The zero-order valence-corrected chi connectivity index (χ0v) is 15.5. The average molecular weight is 357 g/mol. The molecule has 0 radical (unpaired) electrons. The summed E-state index contributed by atoms with van der Waals surface area (Å²) in [5, 5.41) is 4.15. The van der Waals surface area contributed by atoms with Crippen LogP contribution in [0.2, 0.25) is 0 Å². The minimum Gasteiger partial charge on any atom is -0.343 e. The molecule has 1 amide bonds. The second-order valence-corrected chi connectivity index (χ2v) is 8.81. The van der Waals surface area contributed by atoms with E-state index in [0.29, 0.717) is 26.2 Å². The number of likely N-dealkylation sites (N-methyl/N-ethyl adjacent to an activating group) is 2. The fourth-order valence-electron chi connectivity index (χ4n) is 2.61. The topological polar surface area (TPSA) is 78.8 Å². The van der Waals surface area contributed by atoms with Gasteiger partial charge in [-0.05, 0) is 7.05 Å². The normalized spacial score (nSPS) is 18.0. The maximum absolute atomic E-state index is 12.2. The molecular formula is C15H27N5O3S. The number of aryl methyl sites for hydroxylation is 1. The SMILES string of the molecule is CN(CCN(C)C(=O)CN1CCS(=O)(=O)CC1)Cc1cnn(C)c1. The van der Waals surface area contributed by atoms with Crippen molar-refractivity contribution < 1.29 is 13.2 Å². The predicted octanol–water partition coefficient (Wildman–Crippen LogP) is -0.959. The molecule has 0 N–H and O–H groups in total. The molecule has 0 bridgehead atoms. The molecule has 8 nitrogen and oxygen atoms in total. The second kappa shape index (κ2) is 8.09. The summed E-state index contributed by atoms with van der Waals surface area (Å²) in [6.45, 7) is 3.39. The molecule has 1 aliphatic heterocycles. The van der Waals surface area contributed by atoms with Crippen LogP contribution < -0.4 is 0 Å². The minimum absolute atomic E-state index is 0.0316. The third-order valence-electron chi connectivity index (χ3n) is 4.25. The average Bonchev–Trinajstić information content (AvgIpc) is 2.92. The summed E-state index contributed by atoms with van der Waals surface area (Å²) in [5.41, 5.74) is 1.14. The maximum Gasteiger partial charge on any atom is 0.236 e. The molecule has 1 fully saturated rings. The Morgan fingerprint density at radius 2 is 1.92 bits per heavy atom.